The Kier molecular flexibility index (Phi) is 6.88. The van der Waals surface area contributed by atoms with Crippen molar-refractivity contribution in [2.45, 2.75) is 13.3 Å². The van der Waals surface area contributed by atoms with E-state index in [1.54, 1.807) is 30.3 Å². The van der Waals surface area contributed by atoms with E-state index in [1.807, 2.05) is 67.6 Å². The van der Waals surface area contributed by atoms with Crippen LogP contribution in [0.5, 0.6) is 5.75 Å². The first-order valence-electron chi connectivity index (χ1n) is 11.8. The fourth-order valence-corrected chi connectivity index (χ4v) is 4.83. The smallest absolute Gasteiger partial charge is 0.335 e. The van der Waals surface area contributed by atoms with Gasteiger partial charge in [0, 0.05) is 4.47 Å². The summed E-state index contributed by atoms with van der Waals surface area (Å²) in [7, 11) is 0. The molecule has 0 bridgehead atoms. The quantitative estimate of drug-likeness (QED) is 0.225. The number of halogens is 1. The number of ether oxygens (including phenoxy) is 1. The summed E-state index contributed by atoms with van der Waals surface area (Å²) < 4.78 is 6.43. The van der Waals surface area contributed by atoms with E-state index < -0.39 is 17.8 Å². The maximum Gasteiger partial charge on any atom is 0.335 e. The van der Waals surface area contributed by atoms with Crippen molar-refractivity contribution in [1.82, 2.24) is 5.32 Å². The van der Waals surface area contributed by atoms with Crippen LogP contribution in [0.3, 0.4) is 0 Å². The van der Waals surface area contributed by atoms with E-state index in [4.69, 9.17) is 4.74 Å². The van der Waals surface area contributed by atoms with Gasteiger partial charge >= 0.3 is 6.03 Å². The molecule has 1 aliphatic heterocycles. The molecule has 0 aromatic heterocycles. The monoisotopic (exact) mass is 554 g/mol. The molecule has 0 aliphatic carbocycles. The predicted molar refractivity (Wildman–Crippen MR) is 148 cm³/mol. The lowest BCUT2D eigenvalue weighted by atomic mass is 9.92. The number of nitrogens with one attached hydrogen (secondary N) is 1. The summed E-state index contributed by atoms with van der Waals surface area (Å²) in [5.74, 6) is -0.787. The molecule has 6 nitrogen and oxygen atoms in total. The molecule has 1 N–H and O–H groups in total. The Bertz CT molecular complexity index is 1560. The Morgan fingerprint density at radius 2 is 1.59 bits per heavy atom. The van der Waals surface area contributed by atoms with Crippen molar-refractivity contribution >= 4 is 56.3 Å². The van der Waals surface area contributed by atoms with Gasteiger partial charge in [-0.1, -0.05) is 70.5 Å². The third-order valence-electron chi connectivity index (χ3n) is 6.20. The zero-order chi connectivity index (χ0) is 25.9. The molecule has 0 atom stereocenters. The van der Waals surface area contributed by atoms with Gasteiger partial charge in [0.05, 0.1) is 12.3 Å². The Morgan fingerprint density at radius 1 is 0.865 bits per heavy atom. The number of urea groups is 1. The van der Waals surface area contributed by atoms with Crippen LogP contribution in [0.1, 0.15) is 23.6 Å². The number of benzene rings is 4. The molecule has 4 aromatic rings. The highest BCUT2D eigenvalue weighted by atomic mass is 79.9. The van der Waals surface area contributed by atoms with Gasteiger partial charge in [0.25, 0.3) is 11.8 Å². The number of carbonyl (C=O) groups excluding carboxylic acids is 3. The molecule has 0 unspecified atom stereocenters. The number of rotatable bonds is 6. The standard InChI is InChI=1S/C30H23BrN2O4/c1-2-37-23-15-13-22(14-16-23)33-29(35)26(28(34)32-30(33)36)18-25-20(17-21-8-4-6-10-27(21)31)12-11-19-7-3-5-9-24(19)25/h3-16,18H,2,17H2,1H3,(H,32,34,36)/b26-18+. The molecular formula is C30H23BrN2O4. The number of carbonyl (C=O) groups is 3. The van der Waals surface area contributed by atoms with Crippen LogP contribution < -0.4 is 15.0 Å². The van der Waals surface area contributed by atoms with Crippen molar-refractivity contribution in [2.75, 3.05) is 11.5 Å². The average Bonchev–Trinajstić information content (AvgIpc) is 2.89. The maximum absolute atomic E-state index is 13.6. The van der Waals surface area contributed by atoms with Crippen LogP contribution in [0.2, 0.25) is 0 Å². The van der Waals surface area contributed by atoms with Crippen molar-refractivity contribution in [1.29, 1.82) is 0 Å². The number of nitrogens with zero attached hydrogens (tertiary/aromatic N) is 1. The Balaban J connectivity index is 1.60. The summed E-state index contributed by atoms with van der Waals surface area (Å²) in [5.41, 5.74) is 3.01. The van der Waals surface area contributed by atoms with E-state index >= 15 is 0 Å². The molecule has 7 heteroatoms. The molecule has 1 fully saturated rings. The van der Waals surface area contributed by atoms with Gasteiger partial charge in [0.15, 0.2) is 0 Å². The Morgan fingerprint density at radius 3 is 2.35 bits per heavy atom. The first-order valence-corrected chi connectivity index (χ1v) is 12.6. The second kappa shape index (κ2) is 10.4. The second-order valence-electron chi connectivity index (χ2n) is 8.51. The van der Waals surface area contributed by atoms with Crippen molar-refractivity contribution < 1.29 is 19.1 Å². The molecule has 37 heavy (non-hydrogen) atoms. The van der Waals surface area contributed by atoms with Crippen LogP contribution in [0.15, 0.2) is 95.0 Å². The van der Waals surface area contributed by atoms with Crippen LogP contribution >= 0.6 is 15.9 Å². The van der Waals surface area contributed by atoms with Crippen LogP contribution in [0.4, 0.5) is 10.5 Å². The third-order valence-corrected chi connectivity index (χ3v) is 6.97. The minimum atomic E-state index is -0.789. The second-order valence-corrected chi connectivity index (χ2v) is 9.37. The molecule has 1 aliphatic rings. The van der Waals surface area contributed by atoms with Crippen molar-refractivity contribution in [3.63, 3.8) is 0 Å². The van der Waals surface area contributed by atoms with Gasteiger partial charge in [-0.2, -0.15) is 0 Å². The summed E-state index contributed by atoms with van der Waals surface area (Å²) >= 11 is 3.61. The summed E-state index contributed by atoms with van der Waals surface area (Å²) in [6.07, 6.45) is 2.18. The van der Waals surface area contributed by atoms with E-state index in [2.05, 4.69) is 21.2 Å². The van der Waals surface area contributed by atoms with Gasteiger partial charge in [-0.25, -0.2) is 9.69 Å². The van der Waals surface area contributed by atoms with E-state index in [1.165, 1.54) is 0 Å². The fourth-order valence-electron chi connectivity index (χ4n) is 4.41. The molecule has 4 aromatic carbocycles. The van der Waals surface area contributed by atoms with Gasteiger partial charge in [-0.15, -0.1) is 0 Å². The van der Waals surface area contributed by atoms with Gasteiger partial charge < -0.3 is 4.74 Å². The van der Waals surface area contributed by atoms with E-state index in [0.29, 0.717) is 24.5 Å². The number of imide groups is 2. The molecule has 0 spiro atoms. The SMILES string of the molecule is CCOc1ccc(N2C(=O)NC(=O)/C(=C\c3c(Cc4ccccc4Br)ccc4ccccc34)C2=O)cc1. The average molecular weight is 555 g/mol. The van der Waals surface area contributed by atoms with Gasteiger partial charge in [-0.3, -0.25) is 14.9 Å². The number of fused-ring (bicyclic) bond motifs is 1. The summed E-state index contributed by atoms with van der Waals surface area (Å²) in [5, 5.41) is 4.20. The highest BCUT2D eigenvalue weighted by Crippen LogP contribution is 2.30. The number of anilines is 1. The lowest BCUT2D eigenvalue weighted by Gasteiger charge is -2.26. The summed E-state index contributed by atoms with van der Waals surface area (Å²) in [6.45, 7) is 2.37. The summed E-state index contributed by atoms with van der Waals surface area (Å²) in [6, 6.07) is 25.6. The van der Waals surface area contributed by atoms with Crippen molar-refractivity contribution in [3.8, 4) is 5.75 Å². The van der Waals surface area contributed by atoms with E-state index in [0.717, 1.165) is 36.8 Å². The largest absolute Gasteiger partial charge is 0.494 e. The molecule has 0 saturated carbocycles. The van der Waals surface area contributed by atoms with Crippen molar-refractivity contribution in [3.05, 3.63) is 112 Å². The van der Waals surface area contributed by atoms with Gasteiger partial charge in [0.1, 0.15) is 11.3 Å². The Hall–Kier alpha value is -4.23. The number of hydrogen-bond acceptors (Lipinski definition) is 4. The maximum atomic E-state index is 13.6. The summed E-state index contributed by atoms with van der Waals surface area (Å²) in [4.78, 5) is 40.1. The highest BCUT2D eigenvalue weighted by Gasteiger charge is 2.37. The predicted octanol–water partition coefficient (Wildman–Crippen LogP) is 6.26. The number of barbiturate groups is 1. The molecule has 5 rings (SSSR count). The first kappa shape index (κ1) is 24.5. The molecular weight excluding hydrogens is 532 g/mol. The molecule has 184 valence electrons. The normalized spacial score (nSPS) is 14.8. The zero-order valence-corrected chi connectivity index (χ0v) is 21.6. The lowest BCUT2D eigenvalue weighted by Crippen LogP contribution is -2.54. The highest BCUT2D eigenvalue weighted by molar-refractivity contribution is 9.10. The number of hydrogen-bond donors (Lipinski definition) is 1. The van der Waals surface area contributed by atoms with Crippen LogP contribution in [0, 0.1) is 0 Å². The minimum absolute atomic E-state index is 0.113. The fraction of sp³-hybridized carbons (Fsp3) is 0.100. The van der Waals surface area contributed by atoms with Crippen molar-refractivity contribution in [2.24, 2.45) is 0 Å². The Labute approximate surface area is 222 Å². The molecule has 4 amide bonds. The van der Waals surface area contributed by atoms with Crippen LogP contribution in [-0.2, 0) is 16.0 Å². The van der Waals surface area contributed by atoms with Gasteiger partial charge in [-0.05, 0) is 77.2 Å². The lowest BCUT2D eigenvalue weighted by molar-refractivity contribution is -0.122. The zero-order valence-electron chi connectivity index (χ0n) is 20.0. The minimum Gasteiger partial charge on any atom is -0.494 e. The first-order chi connectivity index (χ1) is 18.0. The topological polar surface area (TPSA) is 75.7 Å². The van der Waals surface area contributed by atoms with E-state index in [9.17, 15) is 14.4 Å². The molecule has 0 radical (unpaired) electrons. The van der Waals surface area contributed by atoms with Crippen LogP contribution in [-0.4, -0.2) is 24.5 Å². The number of amides is 4. The third kappa shape index (κ3) is 4.90. The van der Waals surface area contributed by atoms with Crippen LogP contribution in [0.25, 0.3) is 16.8 Å². The molecule has 1 heterocycles. The van der Waals surface area contributed by atoms with Gasteiger partial charge in [0.2, 0.25) is 0 Å². The molecule has 1 saturated heterocycles. The van der Waals surface area contributed by atoms with E-state index in [-0.39, 0.29) is 5.57 Å².